The lowest BCUT2D eigenvalue weighted by molar-refractivity contribution is -0.141. The number of phenolic OH excluding ortho intramolecular Hbond substituents is 1. The summed E-state index contributed by atoms with van der Waals surface area (Å²) in [6.45, 7) is 0.0604. The molecule has 0 aliphatic heterocycles. The molecule has 0 aliphatic rings. The average molecular weight is 267 g/mol. The van der Waals surface area contributed by atoms with Gasteiger partial charge < -0.3 is 19.5 Å². The van der Waals surface area contributed by atoms with E-state index in [1.54, 1.807) is 25.2 Å². The molecule has 1 amide bonds. The molecular weight excluding hydrogens is 250 g/mol. The van der Waals surface area contributed by atoms with Crippen LogP contribution < -0.4 is 4.74 Å². The molecule has 6 heteroatoms. The van der Waals surface area contributed by atoms with Gasteiger partial charge in [0.05, 0.1) is 13.5 Å². The van der Waals surface area contributed by atoms with Crippen molar-refractivity contribution in [2.75, 3.05) is 27.3 Å². The molecular formula is C13H17NO5. The van der Waals surface area contributed by atoms with E-state index in [9.17, 15) is 14.7 Å². The fourth-order valence-corrected chi connectivity index (χ4v) is 1.31. The first-order chi connectivity index (χ1) is 9.04. The second kappa shape index (κ2) is 7.25. The molecule has 1 aromatic carbocycles. The van der Waals surface area contributed by atoms with Crippen LogP contribution in [-0.2, 0) is 14.3 Å². The molecule has 0 heterocycles. The lowest BCUT2D eigenvalue weighted by Gasteiger charge is -2.16. The highest BCUT2D eigenvalue weighted by Gasteiger charge is 2.12. The number of amides is 1. The molecule has 0 aromatic heterocycles. The Morgan fingerprint density at radius 1 is 1.32 bits per heavy atom. The molecule has 0 radical (unpaired) electrons. The van der Waals surface area contributed by atoms with Gasteiger partial charge in [0.2, 0.25) is 0 Å². The highest BCUT2D eigenvalue weighted by atomic mass is 16.5. The molecule has 0 unspecified atom stereocenters. The molecule has 19 heavy (non-hydrogen) atoms. The van der Waals surface area contributed by atoms with E-state index in [0.29, 0.717) is 0 Å². The number of hydrogen-bond donors (Lipinski definition) is 1. The van der Waals surface area contributed by atoms with Gasteiger partial charge in [0.1, 0.15) is 0 Å². The number of rotatable bonds is 6. The van der Waals surface area contributed by atoms with E-state index in [2.05, 4.69) is 4.74 Å². The third-order valence-corrected chi connectivity index (χ3v) is 2.52. The smallest absolute Gasteiger partial charge is 0.307 e. The Bertz CT molecular complexity index is 446. The van der Waals surface area contributed by atoms with Gasteiger partial charge in [-0.3, -0.25) is 9.59 Å². The fourth-order valence-electron chi connectivity index (χ4n) is 1.31. The zero-order valence-electron chi connectivity index (χ0n) is 11.0. The van der Waals surface area contributed by atoms with E-state index in [1.165, 1.54) is 18.1 Å². The summed E-state index contributed by atoms with van der Waals surface area (Å²) in [5.74, 6) is -0.432. The normalized spacial score (nSPS) is 9.79. The molecule has 0 fully saturated rings. The fraction of sp³-hybridized carbons (Fsp3) is 0.385. The van der Waals surface area contributed by atoms with Crippen molar-refractivity contribution in [3.8, 4) is 11.5 Å². The number of methoxy groups -OCH3 is 1. The number of carbonyl (C=O) groups is 2. The Balaban J connectivity index is 2.38. The number of benzene rings is 1. The molecule has 0 saturated carbocycles. The number of para-hydroxylation sites is 2. The maximum absolute atomic E-state index is 11.7. The number of aromatic hydroxyl groups is 1. The maximum Gasteiger partial charge on any atom is 0.307 e. The molecule has 104 valence electrons. The summed E-state index contributed by atoms with van der Waals surface area (Å²) in [5.41, 5.74) is 0. The molecule has 0 aliphatic carbocycles. The predicted molar refractivity (Wildman–Crippen MR) is 67.9 cm³/mol. The van der Waals surface area contributed by atoms with E-state index in [1.807, 2.05) is 0 Å². The number of esters is 1. The van der Waals surface area contributed by atoms with Gasteiger partial charge in [-0.15, -0.1) is 0 Å². The Hall–Kier alpha value is -2.24. The van der Waals surface area contributed by atoms with E-state index in [4.69, 9.17) is 4.74 Å². The van der Waals surface area contributed by atoms with Crippen LogP contribution in [0.2, 0.25) is 0 Å². The lowest BCUT2D eigenvalue weighted by atomic mass is 10.3. The van der Waals surface area contributed by atoms with E-state index >= 15 is 0 Å². The molecule has 1 N–H and O–H groups in total. The van der Waals surface area contributed by atoms with E-state index in [-0.39, 0.29) is 42.9 Å². The average Bonchev–Trinajstić information content (AvgIpc) is 2.43. The summed E-state index contributed by atoms with van der Waals surface area (Å²) in [6, 6.07) is 6.39. The van der Waals surface area contributed by atoms with Crippen LogP contribution in [0.15, 0.2) is 24.3 Å². The first kappa shape index (κ1) is 14.8. The van der Waals surface area contributed by atoms with Gasteiger partial charge in [0.25, 0.3) is 5.91 Å². The Kier molecular flexibility index (Phi) is 5.66. The van der Waals surface area contributed by atoms with Crippen molar-refractivity contribution < 1.29 is 24.2 Å². The Morgan fingerprint density at radius 2 is 2.00 bits per heavy atom. The van der Waals surface area contributed by atoms with Crippen LogP contribution in [-0.4, -0.2) is 49.2 Å². The number of ether oxygens (including phenoxy) is 2. The van der Waals surface area contributed by atoms with Crippen molar-refractivity contribution in [3.63, 3.8) is 0 Å². The zero-order valence-corrected chi connectivity index (χ0v) is 11.0. The zero-order chi connectivity index (χ0) is 14.3. The number of hydrogen-bond acceptors (Lipinski definition) is 5. The van der Waals surface area contributed by atoms with Gasteiger partial charge >= 0.3 is 5.97 Å². The summed E-state index contributed by atoms with van der Waals surface area (Å²) in [7, 11) is 2.87. The number of carbonyl (C=O) groups excluding carboxylic acids is 2. The highest BCUT2D eigenvalue weighted by molar-refractivity contribution is 5.78. The van der Waals surface area contributed by atoms with Crippen LogP contribution in [0.4, 0.5) is 0 Å². The molecule has 0 atom stereocenters. The van der Waals surface area contributed by atoms with Crippen molar-refractivity contribution in [2.45, 2.75) is 6.42 Å². The van der Waals surface area contributed by atoms with Crippen LogP contribution in [0.1, 0.15) is 6.42 Å². The molecule has 6 nitrogen and oxygen atoms in total. The summed E-state index contributed by atoms with van der Waals surface area (Å²) < 4.78 is 9.68. The second-order valence-electron chi connectivity index (χ2n) is 3.90. The van der Waals surface area contributed by atoms with Crippen LogP contribution in [0, 0.1) is 0 Å². The van der Waals surface area contributed by atoms with Gasteiger partial charge in [-0.2, -0.15) is 0 Å². The number of phenols is 1. The second-order valence-corrected chi connectivity index (χ2v) is 3.90. The third-order valence-electron chi connectivity index (χ3n) is 2.52. The summed E-state index contributed by atoms with van der Waals surface area (Å²) in [6.07, 6.45) is 0.134. The van der Waals surface area contributed by atoms with Crippen LogP contribution in [0.3, 0.4) is 0 Å². The topological polar surface area (TPSA) is 76.1 Å². The monoisotopic (exact) mass is 267 g/mol. The molecule has 1 aromatic rings. The quantitative estimate of drug-likeness (QED) is 0.771. The molecule has 0 bridgehead atoms. The van der Waals surface area contributed by atoms with Gasteiger partial charge in [-0.25, -0.2) is 0 Å². The van der Waals surface area contributed by atoms with Gasteiger partial charge in [-0.05, 0) is 12.1 Å². The van der Waals surface area contributed by atoms with Crippen LogP contribution in [0.25, 0.3) is 0 Å². The Labute approximate surface area is 111 Å². The van der Waals surface area contributed by atoms with Crippen molar-refractivity contribution in [3.05, 3.63) is 24.3 Å². The first-order valence-electron chi connectivity index (χ1n) is 5.76. The summed E-state index contributed by atoms with van der Waals surface area (Å²) in [5, 5.41) is 9.46. The van der Waals surface area contributed by atoms with Crippen molar-refractivity contribution in [2.24, 2.45) is 0 Å². The lowest BCUT2D eigenvalue weighted by Crippen LogP contribution is -2.33. The largest absolute Gasteiger partial charge is 0.504 e. The molecule has 1 rings (SSSR count). The Morgan fingerprint density at radius 3 is 2.63 bits per heavy atom. The summed E-state index contributed by atoms with van der Waals surface area (Å²) in [4.78, 5) is 24.0. The highest BCUT2D eigenvalue weighted by Crippen LogP contribution is 2.24. The molecule has 0 spiro atoms. The SMILES string of the molecule is COC(=O)CCN(C)C(=O)COc1ccccc1O. The maximum atomic E-state index is 11.7. The van der Waals surface area contributed by atoms with Crippen molar-refractivity contribution in [1.29, 1.82) is 0 Å². The van der Waals surface area contributed by atoms with Gasteiger partial charge in [0, 0.05) is 13.6 Å². The van der Waals surface area contributed by atoms with Crippen LogP contribution >= 0.6 is 0 Å². The minimum Gasteiger partial charge on any atom is -0.504 e. The van der Waals surface area contributed by atoms with Crippen molar-refractivity contribution >= 4 is 11.9 Å². The number of likely N-dealkylation sites (N-methyl/N-ethyl adjacent to an activating group) is 1. The van der Waals surface area contributed by atoms with Crippen molar-refractivity contribution in [1.82, 2.24) is 4.90 Å². The molecule has 0 saturated heterocycles. The number of nitrogens with zero attached hydrogens (tertiary/aromatic N) is 1. The predicted octanol–water partition coefficient (Wildman–Crippen LogP) is 0.792. The van der Waals surface area contributed by atoms with Crippen LogP contribution in [0.5, 0.6) is 11.5 Å². The minimum atomic E-state index is -0.374. The van der Waals surface area contributed by atoms with Gasteiger partial charge in [0.15, 0.2) is 18.1 Å². The van der Waals surface area contributed by atoms with E-state index in [0.717, 1.165) is 0 Å². The van der Waals surface area contributed by atoms with Gasteiger partial charge in [-0.1, -0.05) is 12.1 Å². The summed E-state index contributed by atoms with van der Waals surface area (Å²) >= 11 is 0. The van der Waals surface area contributed by atoms with E-state index < -0.39 is 0 Å². The standard InChI is InChI=1S/C13H17NO5/c1-14(8-7-13(17)18-2)12(16)9-19-11-6-4-3-5-10(11)15/h3-6,15H,7-9H2,1-2H3. The third kappa shape index (κ3) is 4.87. The minimum absolute atomic E-state index is 0.0208. The first-order valence-corrected chi connectivity index (χ1v) is 5.76.